The van der Waals surface area contributed by atoms with Gasteiger partial charge in [0.15, 0.2) is 11.6 Å². The van der Waals surface area contributed by atoms with Gasteiger partial charge in [0, 0.05) is 44.0 Å². The normalized spacial score (nSPS) is 20.2. The lowest BCUT2D eigenvalue weighted by atomic mass is 9.92. The maximum Gasteiger partial charge on any atom is 0.254 e. The van der Waals surface area contributed by atoms with E-state index in [1.54, 1.807) is 35.1 Å². The standard InChI is InChI=1S/C22H25FN6O2/c1-4-15-7-6-13(11-29(15)17(30)5-2)8-24-21-19(23)16-10-25-22(31)18(16)20(27-21)14-9-26-28(3)12-14/h4-5,9,12-13,15H,1-2,6-8,10-11H2,3H3,(H,24,27)(H,25,31)/t13-,15-/m1/s1. The molecule has 0 saturated carbocycles. The Hall–Kier alpha value is -3.49. The summed E-state index contributed by atoms with van der Waals surface area (Å²) >= 11 is 0. The number of halogens is 1. The summed E-state index contributed by atoms with van der Waals surface area (Å²) < 4.78 is 16.8. The molecular weight excluding hydrogens is 399 g/mol. The van der Waals surface area contributed by atoms with Gasteiger partial charge in [0.1, 0.15) is 0 Å². The number of nitrogens with zero attached hydrogens (tertiary/aromatic N) is 4. The van der Waals surface area contributed by atoms with Crippen LogP contribution in [0.4, 0.5) is 10.2 Å². The van der Waals surface area contributed by atoms with Gasteiger partial charge in [0.2, 0.25) is 5.91 Å². The molecule has 2 aromatic rings. The van der Waals surface area contributed by atoms with Crippen molar-refractivity contribution >= 4 is 17.6 Å². The van der Waals surface area contributed by atoms with Crippen LogP contribution in [0.2, 0.25) is 0 Å². The molecule has 1 saturated heterocycles. The molecule has 2 N–H and O–H groups in total. The van der Waals surface area contributed by atoms with Gasteiger partial charge in [-0.15, -0.1) is 6.58 Å². The van der Waals surface area contributed by atoms with Crippen LogP contribution in [0.15, 0.2) is 37.7 Å². The SMILES string of the molecule is C=CC(=O)N1C[C@@H](CNc2nc(-c3cnn(C)c3)c3c(c2F)CNC3=O)CC[C@H]1C=C. The number of piperidine rings is 1. The summed E-state index contributed by atoms with van der Waals surface area (Å²) in [6, 6.07) is -0.0223. The van der Waals surface area contributed by atoms with Crippen molar-refractivity contribution in [2.24, 2.45) is 13.0 Å². The van der Waals surface area contributed by atoms with Crippen molar-refractivity contribution in [1.29, 1.82) is 0 Å². The fourth-order valence-electron chi connectivity index (χ4n) is 4.24. The van der Waals surface area contributed by atoms with Crippen molar-refractivity contribution in [1.82, 2.24) is 25.0 Å². The molecule has 4 rings (SSSR count). The first kappa shape index (κ1) is 20.8. The van der Waals surface area contributed by atoms with Crippen LogP contribution in [0.5, 0.6) is 0 Å². The van der Waals surface area contributed by atoms with E-state index in [2.05, 4.69) is 33.9 Å². The molecule has 8 nitrogen and oxygen atoms in total. The third-order valence-electron chi connectivity index (χ3n) is 5.88. The van der Waals surface area contributed by atoms with Gasteiger partial charge in [-0.3, -0.25) is 14.3 Å². The molecule has 2 aromatic heterocycles. The second-order valence-corrected chi connectivity index (χ2v) is 7.88. The zero-order chi connectivity index (χ0) is 22.1. The summed E-state index contributed by atoms with van der Waals surface area (Å²) in [5.74, 6) is -0.787. The number of hydrogen-bond donors (Lipinski definition) is 2. The second kappa shape index (κ2) is 8.33. The van der Waals surface area contributed by atoms with Crippen LogP contribution in [-0.2, 0) is 18.4 Å². The highest BCUT2D eigenvalue weighted by Gasteiger charge is 2.32. The number of aryl methyl sites for hydroxylation is 1. The third kappa shape index (κ3) is 3.83. The van der Waals surface area contributed by atoms with Crippen molar-refractivity contribution in [2.75, 3.05) is 18.4 Å². The first-order chi connectivity index (χ1) is 14.9. The molecule has 0 bridgehead atoms. The number of pyridine rings is 1. The Morgan fingerprint density at radius 1 is 1.42 bits per heavy atom. The maximum absolute atomic E-state index is 15.1. The predicted octanol–water partition coefficient (Wildman–Crippen LogP) is 2.26. The van der Waals surface area contributed by atoms with Crippen molar-refractivity contribution in [3.63, 3.8) is 0 Å². The molecule has 4 heterocycles. The minimum atomic E-state index is -0.528. The lowest BCUT2D eigenvalue weighted by Crippen LogP contribution is -2.46. The molecule has 0 unspecified atom stereocenters. The number of aromatic nitrogens is 3. The molecule has 2 amide bonds. The molecule has 1 fully saturated rings. The van der Waals surface area contributed by atoms with E-state index in [1.165, 1.54) is 6.08 Å². The van der Waals surface area contributed by atoms with Crippen LogP contribution in [0.1, 0.15) is 28.8 Å². The fraction of sp³-hybridized carbons (Fsp3) is 0.364. The van der Waals surface area contributed by atoms with Gasteiger partial charge in [-0.25, -0.2) is 9.37 Å². The zero-order valence-corrected chi connectivity index (χ0v) is 17.4. The quantitative estimate of drug-likeness (QED) is 0.548. The smallest absolute Gasteiger partial charge is 0.254 e. The second-order valence-electron chi connectivity index (χ2n) is 7.88. The van der Waals surface area contributed by atoms with Crippen molar-refractivity contribution in [2.45, 2.75) is 25.4 Å². The van der Waals surface area contributed by atoms with Crippen LogP contribution in [0.3, 0.4) is 0 Å². The summed E-state index contributed by atoms with van der Waals surface area (Å²) in [4.78, 5) is 30.7. The molecular formula is C22H25FN6O2. The maximum atomic E-state index is 15.1. The average Bonchev–Trinajstić information content (AvgIpc) is 3.39. The Bertz CT molecular complexity index is 1060. The molecule has 2 aliphatic rings. The minimum Gasteiger partial charge on any atom is -0.367 e. The number of likely N-dealkylation sites (tertiary alicyclic amines) is 1. The first-order valence-corrected chi connectivity index (χ1v) is 10.2. The molecule has 2 aliphatic heterocycles. The highest BCUT2D eigenvalue weighted by Crippen LogP contribution is 2.33. The minimum absolute atomic E-state index is 0.0223. The average molecular weight is 424 g/mol. The summed E-state index contributed by atoms with van der Waals surface area (Å²) in [6.07, 6.45) is 8.08. The molecule has 9 heteroatoms. The number of fused-ring (bicyclic) bond motifs is 1. The first-order valence-electron chi connectivity index (χ1n) is 10.2. The lowest BCUT2D eigenvalue weighted by Gasteiger charge is -2.38. The van der Waals surface area contributed by atoms with Crippen molar-refractivity contribution in [3.05, 3.63) is 54.6 Å². The van der Waals surface area contributed by atoms with Crippen LogP contribution in [0.25, 0.3) is 11.3 Å². The molecule has 0 aromatic carbocycles. The van der Waals surface area contributed by atoms with E-state index in [0.29, 0.717) is 29.9 Å². The van der Waals surface area contributed by atoms with Gasteiger partial charge in [-0.2, -0.15) is 5.10 Å². The summed E-state index contributed by atoms with van der Waals surface area (Å²) in [7, 11) is 1.77. The molecule has 31 heavy (non-hydrogen) atoms. The summed E-state index contributed by atoms with van der Waals surface area (Å²) in [5, 5.41) is 9.93. The highest BCUT2D eigenvalue weighted by atomic mass is 19.1. The monoisotopic (exact) mass is 424 g/mol. The third-order valence-corrected chi connectivity index (χ3v) is 5.88. The number of anilines is 1. The predicted molar refractivity (Wildman–Crippen MR) is 115 cm³/mol. The number of hydrogen-bond acceptors (Lipinski definition) is 5. The van der Waals surface area contributed by atoms with E-state index >= 15 is 4.39 Å². The van der Waals surface area contributed by atoms with Gasteiger partial charge in [-0.05, 0) is 24.8 Å². The van der Waals surface area contributed by atoms with Gasteiger partial charge in [0.05, 0.1) is 23.5 Å². The van der Waals surface area contributed by atoms with Crippen molar-refractivity contribution < 1.29 is 14.0 Å². The summed E-state index contributed by atoms with van der Waals surface area (Å²) in [6.45, 7) is 8.48. The Morgan fingerprint density at radius 3 is 2.90 bits per heavy atom. The van der Waals surface area contributed by atoms with E-state index in [-0.39, 0.29) is 41.7 Å². The van der Waals surface area contributed by atoms with Gasteiger partial charge in [-0.1, -0.05) is 12.7 Å². The van der Waals surface area contributed by atoms with Gasteiger partial charge < -0.3 is 15.5 Å². The molecule has 0 aliphatic carbocycles. The fourth-order valence-corrected chi connectivity index (χ4v) is 4.24. The highest BCUT2D eigenvalue weighted by molar-refractivity contribution is 6.04. The molecule has 0 spiro atoms. The topological polar surface area (TPSA) is 92.2 Å². The molecule has 162 valence electrons. The Labute approximate surface area is 179 Å². The Balaban J connectivity index is 1.58. The van der Waals surface area contributed by atoms with Crippen LogP contribution < -0.4 is 10.6 Å². The van der Waals surface area contributed by atoms with Crippen molar-refractivity contribution in [3.8, 4) is 11.3 Å². The Kier molecular flexibility index (Phi) is 5.58. The largest absolute Gasteiger partial charge is 0.367 e. The lowest BCUT2D eigenvalue weighted by molar-refractivity contribution is -0.129. The van der Waals surface area contributed by atoms with Crippen LogP contribution in [-0.4, -0.2) is 50.6 Å². The number of amides is 2. The molecule has 2 atom stereocenters. The van der Waals surface area contributed by atoms with E-state index < -0.39 is 5.82 Å². The zero-order valence-electron chi connectivity index (χ0n) is 17.4. The van der Waals surface area contributed by atoms with E-state index in [4.69, 9.17) is 0 Å². The number of rotatable bonds is 6. The van der Waals surface area contributed by atoms with E-state index in [0.717, 1.165) is 12.8 Å². The molecule has 0 radical (unpaired) electrons. The van der Waals surface area contributed by atoms with Crippen LogP contribution in [0, 0.1) is 11.7 Å². The number of carbonyl (C=O) groups excluding carboxylic acids is 2. The number of nitrogens with one attached hydrogen (secondary N) is 2. The number of carbonyl (C=O) groups is 2. The Morgan fingerprint density at radius 2 is 2.23 bits per heavy atom. The van der Waals surface area contributed by atoms with Gasteiger partial charge >= 0.3 is 0 Å². The van der Waals surface area contributed by atoms with E-state index in [9.17, 15) is 9.59 Å². The van der Waals surface area contributed by atoms with Gasteiger partial charge in [0.25, 0.3) is 5.91 Å². The van der Waals surface area contributed by atoms with Crippen LogP contribution >= 0.6 is 0 Å². The summed E-state index contributed by atoms with van der Waals surface area (Å²) in [5.41, 5.74) is 1.61. The van der Waals surface area contributed by atoms with E-state index in [1.807, 2.05) is 0 Å².